The van der Waals surface area contributed by atoms with Crippen LogP contribution in [0.15, 0.2) is 53.3 Å². The van der Waals surface area contributed by atoms with E-state index in [4.69, 9.17) is 21.3 Å². The number of benzene rings is 2. The van der Waals surface area contributed by atoms with Crippen LogP contribution in [0.25, 0.3) is 17.0 Å². The quantitative estimate of drug-likeness (QED) is 0.354. The fraction of sp³-hybridized carbons (Fsp3) is 0.370. The van der Waals surface area contributed by atoms with Crippen LogP contribution in [0.3, 0.4) is 0 Å². The third kappa shape index (κ3) is 5.50. The fourth-order valence-electron chi connectivity index (χ4n) is 3.85. The normalized spacial score (nSPS) is 12.8. The van der Waals surface area contributed by atoms with Gasteiger partial charge in [0.05, 0.1) is 6.61 Å². The Hall–Kier alpha value is -3.12. The lowest BCUT2D eigenvalue weighted by Gasteiger charge is -2.19. The number of rotatable bonds is 7. The number of nitrogens with one attached hydrogen (secondary N) is 1. The van der Waals surface area contributed by atoms with Crippen molar-refractivity contribution in [2.45, 2.75) is 52.9 Å². The molecule has 0 amide bonds. The van der Waals surface area contributed by atoms with E-state index in [0.29, 0.717) is 24.5 Å². The number of H-pyrrole nitrogens is 1. The Morgan fingerprint density at radius 3 is 2.50 bits per heavy atom. The van der Waals surface area contributed by atoms with Crippen LogP contribution in [0.5, 0.6) is 5.75 Å². The van der Waals surface area contributed by atoms with Crippen LogP contribution in [0.1, 0.15) is 51.1 Å². The van der Waals surface area contributed by atoms with Gasteiger partial charge in [-0.15, -0.1) is 0 Å². The summed E-state index contributed by atoms with van der Waals surface area (Å²) in [5, 5.41) is 3.56. The lowest BCUT2D eigenvalue weighted by molar-refractivity contribution is 0.282. The lowest BCUT2D eigenvalue weighted by atomic mass is 9.87. The van der Waals surface area contributed by atoms with Crippen molar-refractivity contribution < 1.29 is 4.74 Å². The average molecular weight is 479 g/mol. The molecule has 4 aromatic rings. The maximum Gasteiger partial charge on any atom is 0.266 e. The Morgan fingerprint density at radius 2 is 1.82 bits per heavy atom. The molecule has 0 aliphatic rings. The van der Waals surface area contributed by atoms with Gasteiger partial charge in [-0.3, -0.25) is 9.89 Å². The van der Waals surface area contributed by atoms with Crippen LogP contribution in [-0.2, 0) is 11.8 Å². The van der Waals surface area contributed by atoms with E-state index in [1.807, 2.05) is 37.3 Å². The van der Waals surface area contributed by atoms with Crippen molar-refractivity contribution in [1.82, 2.24) is 19.6 Å². The SMILES string of the molecule is Cc1cc(OCCC(C)Cc2nc(-c3ccc(C(C)(C)C)cc3)nc3cc(=O)[nH]n23)ccc1Cl. The summed E-state index contributed by atoms with van der Waals surface area (Å²) in [7, 11) is 0. The van der Waals surface area contributed by atoms with E-state index < -0.39 is 0 Å². The molecule has 0 fully saturated rings. The van der Waals surface area contributed by atoms with Crippen LogP contribution in [0.4, 0.5) is 0 Å². The van der Waals surface area contributed by atoms with Gasteiger partial charge in [0.25, 0.3) is 5.56 Å². The highest BCUT2D eigenvalue weighted by Crippen LogP contribution is 2.26. The molecule has 0 saturated carbocycles. The second-order valence-corrected chi connectivity index (χ2v) is 10.4. The molecule has 0 bridgehead atoms. The standard InChI is InChI=1S/C27H31ClN4O2/c1-17(12-13-34-21-10-11-22(28)18(2)15-21)14-23-29-26(30-24-16-25(33)31-32(23)24)19-6-8-20(9-7-19)27(3,4)5/h6-11,15-17H,12-14H2,1-5H3,(H,31,33). The van der Waals surface area contributed by atoms with Gasteiger partial charge >= 0.3 is 0 Å². The van der Waals surface area contributed by atoms with Crippen molar-refractivity contribution in [3.8, 4) is 17.1 Å². The number of aromatic amines is 1. The lowest BCUT2D eigenvalue weighted by Crippen LogP contribution is -2.14. The van der Waals surface area contributed by atoms with Crippen molar-refractivity contribution in [2.75, 3.05) is 6.61 Å². The zero-order valence-electron chi connectivity index (χ0n) is 20.4. The maximum absolute atomic E-state index is 12.0. The second-order valence-electron chi connectivity index (χ2n) is 9.96. The Labute approximate surface area is 205 Å². The fourth-order valence-corrected chi connectivity index (χ4v) is 3.97. The molecule has 0 saturated heterocycles. The van der Waals surface area contributed by atoms with Crippen LogP contribution in [-0.4, -0.2) is 26.2 Å². The Kier molecular flexibility index (Phi) is 6.80. The third-order valence-corrected chi connectivity index (χ3v) is 6.40. The summed E-state index contributed by atoms with van der Waals surface area (Å²) in [6.45, 7) is 11.3. The summed E-state index contributed by atoms with van der Waals surface area (Å²) < 4.78 is 7.61. The van der Waals surface area contributed by atoms with Crippen LogP contribution >= 0.6 is 11.6 Å². The Bertz CT molecular complexity index is 1350. The average Bonchev–Trinajstić information content (AvgIpc) is 3.16. The monoisotopic (exact) mass is 478 g/mol. The smallest absolute Gasteiger partial charge is 0.266 e. The summed E-state index contributed by atoms with van der Waals surface area (Å²) in [6.07, 6.45) is 1.52. The van der Waals surface area contributed by atoms with E-state index in [9.17, 15) is 4.79 Å². The minimum absolute atomic E-state index is 0.0741. The molecule has 178 valence electrons. The molecule has 1 unspecified atom stereocenters. The molecule has 2 heterocycles. The third-order valence-electron chi connectivity index (χ3n) is 5.97. The van der Waals surface area contributed by atoms with Gasteiger partial charge in [0.15, 0.2) is 11.5 Å². The molecule has 6 nitrogen and oxygen atoms in total. The number of hydrogen-bond donors (Lipinski definition) is 1. The molecule has 1 atom stereocenters. The zero-order valence-corrected chi connectivity index (χ0v) is 21.1. The molecule has 0 spiro atoms. The van der Waals surface area contributed by atoms with Crippen LogP contribution < -0.4 is 10.3 Å². The number of hydrogen-bond acceptors (Lipinski definition) is 4. The number of fused-ring (bicyclic) bond motifs is 1. The molecule has 0 aliphatic heterocycles. The minimum atomic E-state index is -0.190. The van der Waals surface area contributed by atoms with Gasteiger partial charge in [-0.05, 0) is 54.0 Å². The zero-order chi connectivity index (χ0) is 24.5. The van der Waals surface area contributed by atoms with E-state index in [1.165, 1.54) is 11.6 Å². The number of nitrogens with zero attached hydrogens (tertiary/aromatic N) is 3. The van der Waals surface area contributed by atoms with E-state index in [-0.39, 0.29) is 16.9 Å². The maximum atomic E-state index is 12.0. The van der Waals surface area contributed by atoms with E-state index in [1.54, 1.807) is 4.52 Å². The Balaban J connectivity index is 1.52. The van der Waals surface area contributed by atoms with E-state index in [0.717, 1.165) is 34.1 Å². The summed E-state index contributed by atoms with van der Waals surface area (Å²) in [6, 6.07) is 15.5. The van der Waals surface area contributed by atoms with Crippen LogP contribution in [0.2, 0.25) is 5.02 Å². The van der Waals surface area contributed by atoms with Crippen molar-refractivity contribution in [3.63, 3.8) is 0 Å². The predicted octanol–water partition coefficient (Wildman–Crippen LogP) is 5.99. The highest BCUT2D eigenvalue weighted by molar-refractivity contribution is 6.31. The topological polar surface area (TPSA) is 72.3 Å². The highest BCUT2D eigenvalue weighted by Gasteiger charge is 2.16. The highest BCUT2D eigenvalue weighted by atomic mass is 35.5. The van der Waals surface area contributed by atoms with Crippen molar-refractivity contribution in [3.05, 3.63) is 80.9 Å². The molecular formula is C27H31ClN4O2. The van der Waals surface area contributed by atoms with Gasteiger partial charge in [0.1, 0.15) is 11.6 Å². The Morgan fingerprint density at radius 1 is 1.09 bits per heavy atom. The van der Waals surface area contributed by atoms with Crippen molar-refractivity contribution in [1.29, 1.82) is 0 Å². The number of ether oxygens (including phenoxy) is 1. The molecule has 2 aromatic carbocycles. The first-order valence-corrected chi connectivity index (χ1v) is 12.0. The van der Waals surface area contributed by atoms with E-state index >= 15 is 0 Å². The summed E-state index contributed by atoms with van der Waals surface area (Å²) in [5.41, 5.74) is 3.63. The molecular weight excluding hydrogens is 448 g/mol. The first-order valence-electron chi connectivity index (χ1n) is 11.6. The van der Waals surface area contributed by atoms with Gasteiger partial charge in [0, 0.05) is 23.1 Å². The molecule has 7 heteroatoms. The molecule has 4 rings (SSSR count). The summed E-state index contributed by atoms with van der Waals surface area (Å²) >= 11 is 6.09. The minimum Gasteiger partial charge on any atom is -0.494 e. The first-order chi connectivity index (χ1) is 16.1. The van der Waals surface area contributed by atoms with Gasteiger partial charge in [0.2, 0.25) is 0 Å². The number of aromatic nitrogens is 4. The molecule has 1 N–H and O–H groups in total. The van der Waals surface area contributed by atoms with Crippen molar-refractivity contribution >= 4 is 17.2 Å². The molecule has 34 heavy (non-hydrogen) atoms. The van der Waals surface area contributed by atoms with Gasteiger partial charge in [-0.1, -0.05) is 63.6 Å². The number of halogens is 1. The molecule has 0 aliphatic carbocycles. The van der Waals surface area contributed by atoms with Crippen LogP contribution in [0, 0.1) is 12.8 Å². The molecule has 2 aromatic heterocycles. The van der Waals surface area contributed by atoms with Gasteiger partial charge in [-0.2, -0.15) is 0 Å². The first kappa shape index (κ1) is 24.0. The largest absolute Gasteiger partial charge is 0.494 e. The predicted molar refractivity (Wildman–Crippen MR) is 137 cm³/mol. The summed E-state index contributed by atoms with van der Waals surface area (Å²) in [5.74, 6) is 2.49. The summed E-state index contributed by atoms with van der Waals surface area (Å²) in [4.78, 5) is 21.5. The van der Waals surface area contributed by atoms with Gasteiger partial charge < -0.3 is 4.74 Å². The second kappa shape index (κ2) is 9.63. The van der Waals surface area contributed by atoms with E-state index in [2.05, 4.69) is 49.9 Å². The number of aryl methyl sites for hydroxylation is 1. The van der Waals surface area contributed by atoms with Crippen molar-refractivity contribution in [2.24, 2.45) is 5.92 Å². The van der Waals surface area contributed by atoms with Gasteiger partial charge in [-0.25, -0.2) is 14.5 Å². The molecule has 0 radical (unpaired) electrons.